The van der Waals surface area contributed by atoms with Crippen LogP contribution in [0.15, 0.2) is 48.5 Å². The van der Waals surface area contributed by atoms with Crippen LogP contribution in [0.5, 0.6) is 17.2 Å². The predicted octanol–water partition coefficient (Wildman–Crippen LogP) is 3.34. The van der Waals surface area contributed by atoms with Crippen molar-refractivity contribution in [1.82, 2.24) is 0 Å². The molecule has 0 radical (unpaired) electrons. The molecule has 1 N–H and O–H groups in total. The van der Waals surface area contributed by atoms with Gasteiger partial charge in [-0.2, -0.15) is 0 Å². The number of aliphatic carboxylic acids is 1. The van der Waals surface area contributed by atoms with Crippen molar-refractivity contribution in [3.05, 3.63) is 54.1 Å². The second-order valence-corrected chi connectivity index (χ2v) is 4.95. The predicted molar refractivity (Wildman–Crippen MR) is 86.5 cm³/mol. The summed E-state index contributed by atoms with van der Waals surface area (Å²) in [4.78, 5) is 11.5. The highest BCUT2D eigenvalue weighted by Gasteiger charge is 2.20. The number of hydrogen-bond donors (Lipinski definition) is 1. The summed E-state index contributed by atoms with van der Waals surface area (Å²) in [5, 5.41) is 9.44. The van der Waals surface area contributed by atoms with Crippen molar-refractivity contribution in [1.29, 1.82) is 0 Å². The molecule has 2 rings (SSSR count). The quantitative estimate of drug-likeness (QED) is 0.809. The van der Waals surface area contributed by atoms with Crippen LogP contribution in [-0.4, -0.2) is 31.9 Å². The molecule has 2 aromatic rings. The van der Waals surface area contributed by atoms with Gasteiger partial charge in [0.2, 0.25) is 0 Å². The first-order chi connectivity index (χ1) is 11.2. The van der Waals surface area contributed by atoms with E-state index in [1.54, 1.807) is 50.6 Å². The number of carboxylic acids is 1. The molecule has 0 bridgehead atoms. The molecule has 2 aromatic carbocycles. The van der Waals surface area contributed by atoms with Crippen LogP contribution >= 0.6 is 0 Å². The van der Waals surface area contributed by atoms with E-state index in [0.717, 1.165) is 5.56 Å². The van der Waals surface area contributed by atoms with E-state index in [9.17, 15) is 9.90 Å². The fourth-order valence-corrected chi connectivity index (χ4v) is 2.29. The largest absolute Gasteiger partial charge is 0.497 e. The third-order valence-corrected chi connectivity index (χ3v) is 3.55. The minimum absolute atomic E-state index is 0.281. The van der Waals surface area contributed by atoms with Gasteiger partial charge in [-0.3, -0.25) is 4.79 Å². The highest BCUT2D eigenvalue weighted by atomic mass is 16.5. The van der Waals surface area contributed by atoms with Gasteiger partial charge in [0.05, 0.1) is 26.7 Å². The second kappa shape index (κ2) is 8.08. The summed E-state index contributed by atoms with van der Waals surface area (Å²) >= 11 is 0. The number of carbonyl (C=O) groups is 1. The molecule has 0 spiro atoms. The molecule has 0 aliphatic heterocycles. The molecular formula is C18H20O5. The fourth-order valence-electron chi connectivity index (χ4n) is 2.29. The Kier molecular flexibility index (Phi) is 5.86. The highest BCUT2D eigenvalue weighted by Crippen LogP contribution is 2.27. The first-order valence-corrected chi connectivity index (χ1v) is 7.28. The summed E-state index contributed by atoms with van der Waals surface area (Å²) in [6.45, 7) is 0.281. The molecule has 0 aromatic heterocycles. The summed E-state index contributed by atoms with van der Waals surface area (Å²) in [5.74, 6) is 0.426. The van der Waals surface area contributed by atoms with Crippen molar-refractivity contribution in [2.24, 2.45) is 0 Å². The van der Waals surface area contributed by atoms with Crippen LogP contribution in [0, 0.1) is 0 Å². The van der Waals surface area contributed by atoms with Crippen LogP contribution in [0.3, 0.4) is 0 Å². The van der Waals surface area contributed by atoms with Crippen LogP contribution in [0.2, 0.25) is 0 Å². The lowest BCUT2D eigenvalue weighted by Gasteiger charge is -2.15. The Morgan fingerprint density at radius 1 is 1.00 bits per heavy atom. The van der Waals surface area contributed by atoms with Crippen molar-refractivity contribution in [3.63, 3.8) is 0 Å². The molecule has 1 unspecified atom stereocenters. The van der Waals surface area contributed by atoms with Crippen LogP contribution in [-0.2, 0) is 4.79 Å². The Hall–Kier alpha value is -2.69. The average molecular weight is 316 g/mol. The van der Waals surface area contributed by atoms with E-state index in [4.69, 9.17) is 14.2 Å². The van der Waals surface area contributed by atoms with E-state index in [0.29, 0.717) is 23.7 Å². The molecule has 5 heteroatoms. The van der Waals surface area contributed by atoms with E-state index in [1.165, 1.54) is 0 Å². The molecule has 23 heavy (non-hydrogen) atoms. The summed E-state index contributed by atoms with van der Waals surface area (Å²) in [6, 6.07) is 14.3. The SMILES string of the molecule is COc1ccc(C(CCOc2ccccc2OC)C(=O)O)cc1. The molecule has 0 aliphatic rings. The Morgan fingerprint density at radius 3 is 2.22 bits per heavy atom. The van der Waals surface area contributed by atoms with Gasteiger partial charge in [-0.25, -0.2) is 0 Å². The van der Waals surface area contributed by atoms with Crippen LogP contribution in [0.4, 0.5) is 0 Å². The maximum Gasteiger partial charge on any atom is 0.311 e. The van der Waals surface area contributed by atoms with E-state index < -0.39 is 11.9 Å². The van der Waals surface area contributed by atoms with Gasteiger partial charge in [0.25, 0.3) is 0 Å². The number of para-hydroxylation sites is 2. The molecular weight excluding hydrogens is 296 g/mol. The summed E-state index contributed by atoms with van der Waals surface area (Å²) in [5.41, 5.74) is 0.724. The number of methoxy groups -OCH3 is 2. The zero-order valence-electron chi connectivity index (χ0n) is 13.2. The van der Waals surface area contributed by atoms with Crippen molar-refractivity contribution in [3.8, 4) is 17.2 Å². The lowest BCUT2D eigenvalue weighted by molar-refractivity contribution is -0.139. The van der Waals surface area contributed by atoms with Crippen molar-refractivity contribution < 1.29 is 24.1 Å². The molecule has 0 heterocycles. The number of carboxylic acid groups (broad SMARTS) is 1. The Bertz CT molecular complexity index is 636. The standard InChI is InChI=1S/C18H20O5/c1-21-14-9-7-13(8-10-14)15(18(19)20)11-12-23-17-6-4-3-5-16(17)22-2/h3-10,15H,11-12H2,1-2H3,(H,19,20). The third-order valence-electron chi connectivity index (χ3n) is 3.55. The van der Waals surface area contributed by atoms with Gasteiger partial charge >= 0.3 is 5.97 Å². The fraction of sp³-hybridized carbons (Fsp3) is 0.278. The third kappa shape index (κ3) is 4.39. The number of benzene rings is 2. The minimum atomic E-state index is -0.876. The topological polar surface area (TPSA) is 65.0 Å². The van der Waals surface area contributed by atoms with E-state index >= 15 is 0 Å². The molecule has 0 saturated heterocycles. The molecule has 122 valence electrons. The Balaban J connectivity index is 2.01. The van der Waals surface area contributed by atoms with Crippen molar-refractivity contribution >= 4 is 5.97 Å². The lowest BCUT2D eigenvalue weighted by Crippen LogP contribution is -2.15. The van der Waals surface area contributed by atoms with Gasteiger partial charge in [0, 0.05) is 0 Å². The first-order valence-electron chi connectivity index (χ1n) is 7.28. The minimum Gasteiger partial charge on any atom is -0.497 e. The molecule has 0 amide bonds. The van der Waals surface area contributed by atoms with Gasteiger partial charge in [0.1, 0.15) is 5.75 Å². The van der Waals surface area contributed by atoms with Crippen LogP contribution in [0.25, 0.3) is 0 Å². The highest BCUT2D eigenvalue weighted by molar-refractivity contribution is 5.76. The number of rotatable bonds is 8. The van der Waals surface area contributed by atoms with Gasteiger partial charge in [0.15, 0.2) is 11.5 Å². The maximum absolute atomic E-state index is 11.5. The lowest BCUT2D eigenvalue weighted by atomic mass is 9.96. The normalized spacial score (nSPS) is 11.6. The smallest absolute Gasteiger partial charge is 0.311 e. The van der Waals surface area contributed by atoms with Crippen molar-refractivity contribution in [2.75, 3.05) is 20.8 Å². The monoisotopic (exact) mass is 316 g/mol. The Morgan fingerprint density at radius 2 is 1.65 bits per heavy atom. The molecule has 5 nitrogen and oxygen atoms in total. The second-order valence-electron chi connectivity index (χ2n) is 4.95. The molecule has 0 fully saturated rings. The number of hydrogen-bond acceptors (Lipinski definition) is 4. The summed E-state index contributed by atoms with van der Waals surface area (Å²) in [6.07, 6.45) is 0.361. The zero-order valence-corrected chi connectivity index (χ0v) is 13.2. The van der Waals surface area contributed by atoms with Gasteiger partial charge in [-0.05, 0) is 36.2 Å². The molecule has 0 aliphatic carbocycles. The summed E-state index contributed by atoms with van der Waals surface area (Å²) < 4.78 is 16.0. The van der Waals surface area contributed by atoms with E-state index in [1.807, 2.05) is 12.1 Å². The molecule has 0 saturated carbocycles. The van der Waals surface area contributed by atoms with Gasteiger partial charge in [-0.15, -0.1) is 0 Å². The van der Waals surface area contributed by atoms with Crippen LogP contribution in [0.1, 0.15) is 17.9 Å². The van der Waals surface area contributed by atoms with E-state index in [-0.39, 0.29) is 6.61 Å². The zero-order chi connectivity index (χ0) is 16.7. The Labute approximate surface area is 135 Å². The van der Waals surface area contributed by atoms with Crippen molar-refractivity contribution in [2.45, 2.75) is 12.3 Å². The number of ether oxygens (including phenoxy) is 3. The van der Waals surface area contributed by atoms with E-state index in [2.05, 4.69) is 0 Å². The van der Waals surface area contributed by atoms with Gasteiger partial charge < -0.3 is 19.3 Å². The maximum atomic E-state index is 11.5. The first kappa shape index (κ1) is 16.7. The van der Waals surface area contributed by atoms with Crippen LogP contribution < -0.4 is 14.2 Å². The summed E-state index contributed by atoms with van der Waals surface area (Å²) in [7, 11) is 3.14. The van der Waals surface area contributed by atoms with Gasteiger partial charge in [-0.1, -0.05) is 24.3 Å². The average Bonchev–Trinajstić information content (AvgIpc) is 2.59. The molecule has 1 atom stereocenters.